The molecule has 0 saturated carbocycles. The second kappa shape index (κ2) is 5.84. The number of nitrogens with zero attached hydrogens (tertiary/aromatic N) is 1. The zero-order valence-electron chi connectivity index (χ0n) is 8.27. The van der Waals surface area contributed by atoms with Crippen molar-refractivity contribution in [2.75, 3.05) is 26.2 Å². The van der Waals surface area contributed by atoms with Gasteiger partial charge in [0.1, 0.15) is 0 Å². The minimum absolute atomic E-state index is 0. The van der Waals surface area contributed by atoms with E-state index in [1.54, 1.807) is 0 Å². The molecule has 78 valence electrons. The van der Waals surface area contributed by atoms with E-state index in [0.29, 0.717) is 0 Å². The van der Waals surface area contributed by atoms with Crippen LogP contribution in [0.25, 0.3) is 0 Å². The highest BCUT2D eigenvalue weighted by molar-refractivity contribution is 4.79. The fourth-order valence-corrected chi connectivity index (χ4v) is 2.46. The Kier molecular flexibility index (Phi) is 5.07. The average molecular weight is 204 g/mol. The number of hydrogen-bond donors (Lipinski definition) is 1. The van der Waals surface area contributed by atoms with Crippen LogP contribution in [0.3, 0.4) is 0 Å². The van der Waals surface area contributed by atoms with Gasteiger partial charge in [0, 0.05) is 6.04 Å². The zero-order chi connectivity index (χ0) is 8.23. The van der Waals surface area contributed by atoms with E-state index in [9.17, 15) is 0 Å². The molecular formula is C10H20ClN2-. The molecule has 0 bridgehead atoms. The summed E-state index contributed by atoms with van der Waals surface area (Å²) in [6.45, 7) is 5.21. The van der Waals surface area contributed by atoms with E-state index < -0.39 is 0 Å². The van der Waals surface area contributed by atoms with Gasteiger partial charge in [0.25, 0.3) is 0 Å². The molecule has 2 saturated heterocycles. The van der Waals surface area contributed by atoms with Gasteiger partial charge < -0.3 is 22.6 Å². The Bertz CT molecular complexity index is 113. The monoisotopic (exact) mass is 203 g/mol. The van der Waals surface area contributed by atoms with Gasteiger partial charge in [-0.1, -0.05) is 6.42 Å². The first kappa shape index (κ1) is 11.3. The van der Waals surface area contributed by atoms with Crippen LogP contribution in [0.15, 0.2) is 0 Å². The second-order valence-corrected chi connectivity index (χ2v) is 4.08. The van der Waals surface area contributed by atoms with Crippen molar-refractivity contribution in [1.29, 1.82) is 0 Å². The van der Waals surface area contributed by atoms with Crippen molar-refractivity contribution in [2.24, 2.45) is 0 Å². The van der Waals surface area contributed by atoms with Crippen molar-refractivity contribution in [1.82, 2.24) is 10.2 Å². The summed E-state index contributed by atoms with van der Waals surface area (Å²) in [4.78, 5) is 2.71. The van der Waals surface area contributed by atoms with Crippen LogP contribution < -0.4 is 17.7 Å². The zero-order valence-corrected chi connectivity index (χ0v) is 9.02. The molecule has 3 heteroatoms. The van der Waals surface area contributed by atoms with E-state index in [4.69, 9.17) is 0 Å². The summed E-state index contributed by atoms with van der Waals surface area (Å²) >= 11 is 0. The van der Waals surface area contributed by atoms with Gasteiger partial charge in [-0.2, -0.15) is 0 Å². The van der Waals surface area contributed by atoms with Gasteiger partial charge in [-0.3, -0.25) is 0 Å². The molecule has 0 spiro atoms. The molecule has 2 fully saturated rings. The van der Waals surface area contributed by atoms with Gasteiger partial charge in [0.2, 0.25) is 0 Å². The fraction of sp³-hybridized carbons (Fsp3) is 1.00. The first-order valence-corrected chi connectivity index (χ1v) is 5.41. The van der Waals surface area contributed by atoms with Gasteiger partial charge in [-0.15, -0.1) is 0 Å². The largest absolute Gasteiger partial charge is 1.00 e. The lowest BCUT2D eigenvalue weighted by Gasteiger charge is -2.36. The molecule has 0 aromatic carbocycles. The van der Waals surface area contributed by atoms with Crippen LogP contribution in [0.2, 0.25) is 0 Å². The summed E-state index contributed by atoms with van der Waals surface area (Å²) in [5.41, 5.74) is 0. The molecule has 2 rings (SSSR count). The standard InChI is InChI=1S/C10H20N2.ClH/c1-2-8-12(9-3-1)10-4-6-11-7-5-10;/h10-11H,1-9H2;1H/p-1. The van der Waals surface area contributed by atoms with Gasteiger partial charge in [-0.05, 0) is 51.9 Å². The number of piperidine rings is 2. The van der Waals surface area contributed by atoms with Crippen LogP contribution in [0.4, 0.5) is 0 Å². The summed E-state index contributed by atoms with van der Waals surface area (Å²) in [5.74, 6) is 0. The van der Waals surface area contributed by atoms with Crippen molar-refractivity contribution in [2.45, 2.75) is 38.1 Å². The molecule has 0 aliphatic carbocycles. The third-order valence-corrected chi connectivity index (χ3v) is 3.22. The van der Waals surface area contributed by atoms with Crippen LogP contribution in [0, 0.1) is 0 Å². The fourth-order valence-electron chi connectivity index (χ4n) is 2.46. The Labute approximate surface area is 87.5 Å². The predicted molar refractivity (Wildman–Crippen MR) is 51.3 cm³/mol. The van der Waals surface area contributed by atoms with Crippen LogP contribution in [-0.4, -0.2) is 37.1 Å². The third-order valence-electron chi connectivity index (χ3n) is 3.22. The quantitative estimate of drug-likeness (QED) is 0.543. The van der Waals surface area contributed by atoms with Crippen LogP contribution in [0.1, 0.15) is 32.1 Å². The Morgan fingerprint density at radius 3 is 2.15 bits per heavy atom. The van der Waals surface area contributed by atoms with Crippen molar-refractivity contribution in [3.8, 4) is 0 Å². The molecule has 13 heavy (non-hydrogen) atoms. The van der Waals surface area contributed by atoms with Gasteiger partial charge in [0.05, 0.1) is 0 Å². The molecule has 0 radical (unpaired) electrons. The number of likely N-dealkylation sites (tertiary alicyclic amines) is 1. The third kappa shape index (κ3) is 3.12. The van der Waals surface area contributed by atoms with Gasteiger partial charge >= 0.3 is 0 Å². The lowest BCUT2D eigenvalue weighted by atomic mass is 10.0. The molecule has 2 heterocycles. The Balaban J connectivity index is 0.000000845. The first-order valence-electron chi connectivity index (χ1n) is 5.41. The van der Waals surface area contributed by atoms with E-state index in [0.717, 1.165) is 6.04 Å². The minimum atomic E-state index is 0. The SMILES string of the molecule is C1CCN(C2CCNCC2)CC1.[Cl-]. The Hall–Kier alpha value is 0.210. The highest BCUT2D eigenvalue weighted by atomic mass is 35.5. The van der Waals surface area contributed by atoms with E-state index in [1.807, 2.05) is 0 Å². The molecule has 0 aromatic heterocycles. The van der Waals surface area contributed by atoms with E-state index in [1.165, 1.54) is 58.3 Å². The molecule has 0 aromatic rings. The van der Waals surface area contributed by atoms with Crippen LogP contribution >= 0.6 is 0 Å². The molecule has 1 N–H and O–H groups in total. The normalized spacial score (nSPS) is 26.8. The molecule has 2 aliphatic rings. The lowest BCUT2D eigenvalue weighted by Crippen LogP contribution is -3.00. The molecular weight excluding hydrogens is 184 g/mol. The van der Waals surface area contributed by atoms with E-state index >= 15 is 0 Å². The second-order valence-electron chi connectivity index (χ2n) is 4.08. The van der Waals surface area contributed by atoms with Gasteiger partial charge in [0.15, 0.2) is 0 Å². The van der Waals surface area contributed by atoms with Crippen molar-refractivity contribution in [3.05, 3.63) is 0 Å². The van der Waals surface area contributed by atoms with Crippen LogP contribution in [-0.2, 0) is 0 Å². The smallest absolute Gasteiger partial charge is 0.0119 e. The molecule has 0 atom stereocenters. The molecule has 2 aliphatic heterocycles. The number of rotatable bonds is 1. The predicted octanol–water partition coefficient (Wildman–Crippen LogP) is -1.77. The number of halogens is 1. The van der Waals surface area contributed by atoms with E-state index in [-0.39, 0.29) is 12.4 Å². The summed E-state index contributed by atoms with van der Waals surface area (Å²) in [6.07, 6.45) is 7.08. The minimum Gasteiger partial charge on any atom is -1.00 e. The van der Waals surface area contributed by atoms with Crippen LogP contribution in [0.5, 0.6) is 0 Å². The van der Waals surface area contributed by atoms with Crippen molar-refractivity contribution >= 4 is 0 Å². The first-order chi connectivity index (χ1) is 5.97. The summed E-state index contributed by atoms with van der Waals surface area (Å²) in [6, 6.07) is 0.909. The summed E-state index contributed by atoms with van der Waals surface area (Å²) < 4.78 is 0. The van der Waals surface area contributed by atoms with E-state index in [2.05, 4.69) is 10.2 Å². The summed E-state index contributed by atoms with van der Waals surface area (Å²) in [5, 5.41) is 3.43. The maximum absolute atomic E-state index is 3.43. The Morgan fingerprint density at radius 1 is 0.923 bits per heavy atom. The lowest BCUT2D eigenvalue weighted by molar-refractivity contribution is -0.00000271. The van der Waals surface area contributed by atoms with Gasteiger partial charge in [-0.25, -0.2) is 0 Å². The van der Waals surface area contributed by atoms with Crippen molar-refractivity contribution < 1.29 is 12.4 Å². The summed E-state index contributed by atoms with van der Waals surface area (Å²) in [7, 11) is 0. The molecule has 2 nitrogen and oxygen atoms in total. The maximum atomic E-state index is 3.43. The Morgan fingerprint density at radius 2 is 1.54 bits per heavy atom. The van der Waals surface area contributed by atoms with Crippen molar-refractivity contribution in [3.63, 3.8) is 0 Å². The maximum Gasteiger partial charge on any atom is 0.0119 e. The number of hydrogen-bond acceptors (Lipinski definition) is 2. The highest BCUT2D eigenvalue weighted by Gasteiger charge is 2.21. The number of nitrogens with one attached hydrogen (secondary N) is 1. The molecule has 0 unspecified atom stereocenters. The average Bonchev–Trinajstić information content (AvgIpc) is 2.21. The topological polar surface area (TPSA) is 15.3 Å². The molecule has 0 amide bonds. The highest BCUT2D eigenvalue weighted by Crippen LogP contribution is 2.17.